The highest BCUT2D eigenvalue weighted by molar-refractivity contribution is 5.37. The van der Waals surface area contributed by atoms with Gasteiger partial charge in [-0.25, -0.2) is 14.4 Å². The van der Waals surface area contributed by atoms with E-state index in [0.717, 1.165) is 0 Å². The van der Waals surface area contributed by atoms with E-state index in [1.165, 1.54) is 6.33 Å². The van der Waals surface area contributed by atoms with Crippen LogP contribution in [-0.2, 0) is 6.42 Å². The molecule has 1 aromatic heterocycles. The molecule has 0 aliphatic rings. The Labute approximate surface area is 87.0 Å². The van der Waals surface area contributed by atoms with Crippen molar-refractivity contribution in [3.8, 4) is 0 Å². The molecule has 1 rings (SSSR count). The van der Waals surface area contributed by atoms with Crippen LogP contribution in [0.3, 0.4) is 0 Å². The van der Waals surface area contributed by atoms with Crippen LogP contribution in [0.5, 0.6) is 0 Å². The van der Waals surface area contributed by atoms with E-state index < -0.39 is 11.9 Å². The van der Waals surface area contributed by atoms with Gasteiger partial charge in [-0.2, -0.15) is 0 Å². The van der Waals surface area contributed by atoms with Crippen LogP contribution in [0.4, 0.5) is 10.2 Å². The molecule has 1 heterocycles. The van der Waals surface area contributed by atoms with E-state index in [2.05, 4.69) is 15.3 Å². The van der Waals surface area contributed by atoms with Gasteiger partial charge in [-0.05, 0) is 6.42 Å². The Morgan fingerprint density at radius 3 is 2.87 bits per heavy atom. The van der Waals surface area contributed by atoms with Crippen LogP contribution < -0.4 is 5.32 Å². The fourth-order valence-electron chi connectivity index (χ4n) is 1.06. The predicted octanol–water partition coefficient (Wildman–Crippen LogP) is -0.0568. The lowest BCUT2D eigenvalue weighted by Gasteiger charge is -2.10. The van der Waals surface area contributed by atoms with Crippen molar-refractivity contribution in [3.63, 3.8) is 0 Å². The number of anilines is 1. The van der Waals surface area contributed by atoms with Crippen LogP contribution in [0, 0.1) is 5.82 Å². The highest BCUT2D eigenvalue weighted by Crippen LogP contribution is 2.12. The van der Waals surface area contributed by atoms with Crippen molar-refractivity contribution in [3.05, 3.63) is 17.8 Å². The average molecular weight is 215 g/mol. The molecule has 0 aromatic carbocycles. The maximum Gasteiger partial charge on any atom is 0.186 e. The predicted molar refractivity (Wildman–Crippen MR) is 53.0 cm³/mol. The summed E-state index contributed by atoms with van der Waals surface area (Å²) in [6, 6.07) is 0. The first-order chi connectivity index (χ1) is 7.19. The molecular weight excluding hydrogens is 201 g/mol. The zero-order valence-corrected chi connectivity index (χ0v) is 8.44. The Kier molecular flexibility index (Phi) is 4.38. The second-order valence-corrected chi connectivity index (χ2v) is 3.05. The summed E-state index contributed by atoms with van der Waals surface area (Å²) in [5, 5.41) is 20.2. The summed E-state index contributed by atoms with van der Waals surface area (Å²) in [4.78, 5) is 7.47. The maximum atomic E-state index is 13.5. The molecule has 0 saturated carbocycles. The number of aromatic nitrogens is 2. The van der Waals surface area contributed by atoms with E-state index in [1.807, 2.05) is 0 Å². The number of aliphatic hydroxyl groups is 2. The maximum absolute atomic E-state index is 13.5. The SMILES string of the molecule is CCc1ncnc(NCC(O)CO)c1F. The van der Waals surface area contributed by atoms with Gasteiger partial charge in [-0.3, -0.25) is 0 Å². The summed E-state index contributed by atoms with van der Waals surface area (Å²) < 4.78 is 13.5. The largest absolute Gasteiger partial charge is 0.394 e. The Balaban J connectivity index is 2.68. The number of nitrogens with one attached hydrogen (secondary N) is 1. The van der Waals surface area contributed by atoms with Crippen LogP contribution in [0.1, 0.15) is 12.6 Å². The minimum atomic E-state index is -0.926. The van der Waals surface area contributed by atoms with Gasteiger partial charge in [-0.15, -0.1) is 0 Å². The number of aliphatic hydroxyl groups excluding tert-OH is 2. The molecule has 0 amide bonds. The average Bonchev–Trinajstić information content (AvgIpc) is 2.27. The number of aryl methyl sites for hydroxylation is 1. The molecule has 1 atom stereocenters. The van der Waals surface area contributed by atoms with Crippen molar-refractivity contribution >= 4 is 5.82 Å². The molecular formula is C9H14FN3O2. The Morgan fingerprint density at radius 2 is 2.27 bits per heavy atom. The van der Waals surface area contributed by atoms with Gasteiger partial charge in [0.15, 0.2) is 11.6 Å². The molecule has 15 heavy (non-hydrogen) atoms. The second-order valence-electron chi connectivity index (χ2n) is 3.05. The topological polar surface area (TPSA) is 78.3 Å². The van der Waals surface area contributed by atoms with Crippen molar-refractivity contribution in [1.82, 2.24) is 9.97 Å². The third-order valence-corrected chi connectivity index (χ3v) is 1.91. The quantitative estimate of drug-likeness (QED) is 0.641. The molecule has 0 bridgehead atoms. The number of hydrogen-bond donors (Lipinski definition) is 3. The molecule has 0 saturated heterocycles. The third kappa shape index (κ3) is 3.10. The summed E-state index contributed by atoms with van der Waals surface area (Å²) in [5.74, 6) is -0.459. The van der Waals surface area contributed by atoms with Crippen molar-refractivity contribution in [2.24, 2.45) is 0 Å². The van der Waals surface area contributed by atoms with E-state index in [4.69, 9.17) is 10.2 Å². The van der Waals surface area contributed by atoms with Gasteiger partial charge in [0.25, 0.3) is 0 Å². The van der Waals surface area contributed by atoms with Crippen molar-refractivity contribution in [2.45, 2.75) is 19.4 Å². The molecule has 0 spiro atoms. The lowest BCUT2D eigenvalue weighted by atomic mass is 10.3. The van der Waals surface area contributed by atoms with Crippen LogP contribution in [0.15, 0.2) is 6.33 Å². The lowest BCUT2D eigenvalue weighted by Crippen LogP contribution is -2.24. The monoisotopic (exact) mass is 215 g/mol. The van der Waals surface area contributed by atoms with Gasteiger partial charge in [0.1, 0.15) is 6.33 Å². The Hall–Kier alpha value is -1.27. The first kappa shape index (κ1) is 11.8. The van der Waals surface area contributed by atoms with Crippen LogP contribution >= 0.6 is 0 Å². The molecule has 84 valence electrons. The van der Waals surface area contributed by atoms with Crippen LogP contribution in [-0.4, -0.2) is 39.4 Å². The Morgan fingerprint density at radius 1 is 1.53 bits per heavy atom. The summed E-state index contributed by atoms with van der Waals surface area (Å²) in [6.07, 6.45) is 0.811. The summed E-state index contributed by atoms with van der Waals surface area (Å²) in [5.41, 5.74) is 0.325. The van der Waals surface area contributed by atoms with Crippen LogP contribution in [0.25, 0.3) is 0 Å². The van der Waals surface area contributed by atoms with E-state index in [-0.39, 0.29) is 19.0 Å². The third-order valence-electron chi connectivity index (χ3n) is 1.91. The Bertz CT molecular complexity index is 322. The number of halogens is 1. The lowest BCUT2D eigenvalue weighted by molar-refractivity contribution is 0.105. The molecule has 0 aliphatic carbocycles. The highest BCUT2D eigenvalue weighted by atomic mass is 19.1. The van der Waals surface area contributed by atoms with E-state index in [1.54, 1.807) is 6.92 Å². The molecule has 6 heteroatoms. The van der Waals surface area contributed by atoms with E-state index in [9.17, 15) is 4.39 Å². The first-order valence-corrected chi connectivity index (χ1v) is 4.71. The molecule has 0 radical (unpaired) electrons. The number of hydrogen-bond acceptors (Lipinski definition) is 5. The van der Waals surface area contributed by atoms with Gasteiger partial charge >= 0.3 is 0 Å². The zero-order valence-electron chi connectivity index (χ0n) is 8.44. The first-order valence-electron chi connectivity index (χ1n) is 4.71. The fourth-order valence-corrected chi connectivity index (χ4v) is 1.06. The molecule has 1 aromatic rings. The normalized spacial score (nSPS) is 12.5. The highest BCUT2D eigenvalue weighted by Gasteiger charge is 2.10. The molecule has 1 unspecified atom stereocenters. The molecule has 3 N–H and O–H groups in total. The van der Waals surface area contributed by atoms with Crippen molar-refractivity contribution in [2.75, 3.05) is 18.5 Å². The van der Waals surface area contributed by atoms with Gasteiger partial charge in [0.05, 0.1) is 18.4 Å². The van der Waals surface area contributed by atoms with Gasteiger partial charge < -0.3 is 15.5 Å². The summed E-state index contributed by atoms with van der Waals surface area (Å²) in [6.45, 7) is 1.46. The fraction of sp³-hybridized carbons (Fsp3) is 0.556. The number of nitrogens with zero attached hydrogens (tertiary/aromatic N) is 2. The number of rotatable bonds is 5. The van der Waals surface area contributed by atoms with Gasteiger partial charge in [0.2, 0.25) is 0 Å². The van der Waals surface area contributed by atoms with Crippen LogP contribution in [0.2, 0.25) is 0 Å². The van der Waals surface area contributed by atoms with Gasteiger partial charge in [0, 0.05) is 6.54 Å². The van der Waals surface area contributed by atoms with Crippen molar-refractivity contribution in [1.29, 1.82) is 0 Å². The summed E-state index contributed by atoms with van der Waals surface area (Å²) >= 11 is 0. The minimum Gasteiger partial charge on any atom is -0.394 e. The van der Waals surface area contributed by atoms with Crippen molar-refractivity contribution < 1.29 is 14.6 Å². The molecule has 5 nitrogen and oxygen atoms in total. The molecule has 0 fully saturated rings. The molecule has 0 aliphatic heterocycles. The standard InChI is InChI=1S/C9H14FN3O2/c1-2-7-8(10)9(13-5-12-7)11-3-6(15)4-14/h5-6,14-15H,2-4H2,1H3,(H,11,12,13). The minimum absolute atomic E-state index is 0.0492. The second kappa shape index (κ2) is 5.57. The van der Waals surface area contributed by atoms with E-state index >= 15 is 0 Å². The van der Waals surface area contributed by atoms with Gasteiger partial charge in [-0.1, -0.05) is 6.92 Å². The smallest absolute Gasteiger partial charge is 0.186 e. The van der Waals surface area contributed by atoms with E-state index in [0.29, 0.717) is 12.1 Å². The summed E-state index contributed by atoms with van der Waals surface area (Å²) in [7, 11) is 0. The zero-order chi connectivity index (χ0) is 11.3.